The number of benzene rings is 1. The first-order valence-corrected chi connectivity index (χ1v) is 8.15. The standard InChI is InChI=1S/C19H21NO6/c1-4-25-18(23)15-11(2)16(20-12(15)3)14(21)10-26-19(24)17(22)13-8-6-5-7-9-13/h5-9,17,20,22H,4,10H2,1-3H3/t17-/m0/s1. The van der Waals surface area contributed by atoms with Crippen LogP contribution in [0.2, 0.25) is 0 Å². The zero-order valence-corrected chi connectivity index (χ0v) is 14.9. The van der Waals surface area contributed by atoms with Gasteiger partial charge in [-0.05, 0) is 31.9 Å². The molecule has 0 aliphatic carbocycles. The SMILES string of the molecule is CCOC(=O)c1c(C)[nH]c(C(=O)COC(=O)[C@@H](O)c2ccccc2)c1C. The highest BCUT2D eigenvalue weighted by molar-refractivity contribution is 6.02. The molecule has 138 valence electrons. The molecule has 0 saturated heterocycles. The largest absolute Gasteiger partial charge is 0.462 e. The van der Waals surface area contributed by atoms with Crippen molar-refractivity contribution in [1.82, 2.24) is 4.98 Å². The number of esters is 2. The Hall–Kier alpha value is -2.93. The summed E-state index contributed by atoms with van der Waals surface area (Å²) < 4.78 is 9.88. The zero-order chi connectivity index (χ0) is 19.3. The highest BCUT2D eigenvalue weighted by atomic mass is 16.5. The van der Waals surface area contributed by atoms with E-state index in [1.807, 2.05) is 0 Å². The Labute approximate surface area is 150 Å². The van der Waals surface area contributed by atoms with Crippen molar-refractivity contribution in [3.8, 4) is 0 Å². The van der Waals surface area contributed by atoms with Crippen LogP contribution in [0.5, 0.6) is 0 Å². The minimum atomic E-state index is -1.47. The third-order valence-corrected chi connectivity index (χ3v) is 3.88. The number of carbonyl (C=O) groups is 3. The quantitative estimate of drug-likeness (QED) is 0.580. The van der Waals surface area contributed by atoms with Gasteiger partial charge in [0, 0.05) is 5.69 Å². The second kappa shape index (κ2) is 8.44. The van der Waals surface area contributed by atoms with Gasteiger partial charge in [0.1, 0.15) is 0 Å². The molecule has 0 aliphatic heterocycles. The summed E-state index contributed by atoms with van der Waals surface area (Å²) >= 11 is 0. The zero-order valence-electron chi connectivity index (χ0n) is 14.9. The third-order valence-electron chi connectivity index (χ3n) is 3.88. The summed E-state index contributed by atoms with van der Waals surface area (Å²) in [6.45, 7) is 4.64. The summed E-state index contributed by atoms with van der Waals surface area (Å²) in [5.74, 6) is -1.94. The van der Waals surface area contributed by atoms with Gasteiger partial charge in [0.15, 0.2) is 12.7 Å². The topological polar surface area (TPSA) is 106 Å². The molecule has 0 fully saturated rings. The molecule has 1 aromatic heterocycles. The van der Waals surface area contributed by atoms with E-state index in [0.717, 1.165) is 0 Å². The third kappa shape index (κ3) is 4.18. The number of rotatable bonds is 7. The summed E-state index contributed by atoms with van der Waals surface area (Å²) in [6, 6.07) is 8.27. The van der Waals surface area contributed by atoms with Gasteiger partial charge in [-0.1, -0.05) is 30.3 Å². The van der Waals surface area contributed by atoms with Crippen LogP contribution in [0.3, 0.4) is 0 Å². The lowest BCUT2D eigenvalue weighted by molar-refractivity contribution is -0.152. The molecular formula is C19H21NO6. The minimum absolute atomic E-state index is 0.174. The van der Waals surface area contributed by atoms with Crippen LogP contribution in [-0.4, -0.2) is 41.0 Å². The van der Waals surface area contributed by atoms with Gasteiger partial charge >= 0.3 is 11.9 Å². The lowest BCUT2D eigenvalue weighted by atomic mass is 10.1. The van der Waals surface area contributed by atoms with E-state index >= 15 is 0 Å². The summed E-state index contributed by atoms with van der Waals surface area (Å²) in [5, 5.41) is 9.95. The number of aromatic amines is 1. The van der Waals surface area contributed by atoms with Crippen molar-refractivity contribution in [2.24, 2.45) is 0 Å². The molecule has 1 aromatic carbocycles. The molecule has 26 heavy (non-hydrogen) atoms. The van der Waals surface area contributed by atoms with Gasteiger partial charge in [-0.2, -0.15) is 0 Å². The Balaban J connectivity index is 2.05. The van der Waals surface area contributed by atoms with Crippen molar-refractivity contribution in [3.63, 3.8) is 0 Å². The van der Waals surface area contributed by atoms with Crippen molar-refractivity contribution >= 4 is 17.7 Å². The molecule has 0 saturated carbocycles. The Morgan fingerprint density at radius 2 is 1.77 bits per heavy atom. The van der Waals surface area contributed by atoms with Gasteiger partial charge in [0.25, 0.3) is 0 Å². The van der Waals surface area contributed by atoms with E-state index in [0.29, 0.717) is 22.4 Å². The molecule has 0 unspecified atom stereocenters. The molecule has 0 spiro atoms. The van der Waals surface area contributed by atoms with Gasteiger partial charge in [-0.25, -0.2) is 9.59 Å². The number of hydrogen-bond acceptors (Lipinski definition) is 6. The first kappa shape index (κ1) is 19.4. The molecule has 2 aromatic rings. The number of aliphatic hydroxyl groups is 1. The van der Waals surface area contributed by atoms with E-state index in [1.165, 1.54) is 0 Å². The summed E-state index contributed by atoms with van der Waals surface area (Å²) in [4.78, 5) is 39.0. The summed E-state index contributed by atoms with van der Waals surface area (Å²) in [6.07, 6.45) is -1.47. The van der Waals surface area contributed by atoms with Gasteiger partial charge < -0.3 is 19.6 Å². The number of aliphatic hydroxyl groups excluding tert-OH is 1. The Morgan fingerprint density at radius 3 is 2.38 bits per heavy atom. The molecule has 2 N–H and O–H groups in total. The van der Waals surface area contributed by atoms with E-state index in [9.17, 15) is 19.5 Å². The number of nitrogens with one attached hydrogen (secondary N) is 1. The number of H-pyrrole nitrogens is 1. The van der Waals surface area contributed by atoms with Crippen LogP contribution in [0.15, 0.2) is 30.3 Å². The average Bonchev–Trinajstić information content (AvgIpc) is 2.94. The minimum Gasteiger partial charge on any atom is -0.462 e. The Bertz CT molecular complexity index is 809. The number of aryl methyl sites for hydroxylation is 1. The van der Waals surface area contributed by atoms with Crippen LogP contribution in [0.25, 0.3) is 0 Å². The number of hydrogen-bond donors (Lipinski definition) is 2. The second-order valence-corrected chi connectivity index (χ2v) is 5.69. The maximum Gasteiger partial charge on any atom is 0.340 e. The fourth-order valence-electron chi connectivity index (χ4n) is 2.60. The molecular weight excluding hydrogens is 338 g/mol. The van der Waals surface area contributed by atoms with Crippen LogP contribution < -0.4 is 0 Å². The van der Waals surface area contributed by atoms with Gasteiger partial charge in [0.05, 0.1) is 17.9 Å². The molecule has 0 radical (unpaired) electrons. The molecule has 0 amide bonds. The fourth-order valence-corrected chi connectivity index (χ4v) is 2.60. The lowest BCUT2D eigenvalue weighted by Crippen LogP contribution is -2.20. The van der Waals surface area contributed by atoms with Crippen molar-refractivity contribution in [3.05, 3.63) is 58.4 Å². The van der Waals surface area contributed by atoms with Crippen LogP contribution in [0.1, 0.15) is 50.7 Å². The van der Waals surface area contributed by atoms with Crippen LogP contribution in [0, 0.1) is 13.8 Å². The number of Topliss-reactive ketones (excluding diaryl/α,β-unsaturated/α-hetero) is 1. The normalized spacial score (nSPS) is 11.7. The van der Waals surface area contributed by atoms with Crippen LogP contribution in [-0.2, 0) is 14.3 Å². The van der Waals surface area contributed by atoms with Gasteiger partial charge in [-0.3, -0.25) is 4.79 Å². The molecule has 7 nitrogen and oxygen atoms in total. The molecule has 0 aliphatic rings. The monoisotopic (exact) mass is 359 g/mol. The second-order valence-electron chi connectivity index (χ2n) is 5.69. The molecule has 2 rings (SSSR count). The maximum absolute atomic E-state index is 12.3. The van der Waals surface area contributed by atoms with Crippen molar-refractivity contribution in [2.45, 2.75) is 26.9 Å². The molecule has 7 heteroatoms. The van der Waals surface area contributed by atoms with Crippen molar-refractivity contribution < 1.29 is 29.0 Å². The highest BCUT2D eigenvalue weighted by Crippen LogP contribution is 2.20. The first-order valence-electron chi connectivity index (χ1n) is 8.15. The summed E-state index contributed by atoms with van der Waals surface area (Å²) in [7, 11) is 0. The van der Waals surface area contributed by atoms with Crippen molar-refractivity contribution in [2.75, 3.05) is 13.2 Å². The molecule has 1 atom stereocenters. The van der Waals surface area contributed by atoms with E-state index in [2.05, 4.69) is 4.98 Å². The van der Waals surface area contributed by atoms with Crippen LogP contribution in [0.4, 0.5) is 0 Å². The van der Waals surface area contributed by atoms with Gasteiger partial charge in [0.2, 0.25) is 5.78 Å². The Morgan fingerprint density at radius 1 is 1.12 bits per heavy atom. The number of ketones is 1. The van der Waals surface area contributed by atoms with Crippen LogP contribution >= 0.6 is 0 Å². The predicted molar refractivity (Wildman–Crippen MR) is 92.9 cm³/mol. The highest BCUT2D eigenvalue weighted by Gasteiger charge is 2.25. The smallest absolute Gasteiger partial charge is 0.340 e. The van der Waals surface area contributed by atoms with E-state index in [4.69, 9.17) is 9.47 Å². The lowest BCUT2D eigenvalue weighted by Gasteiger charge is -2.10. The maximum atomic E-state index is 12.3. The van der Waals surface area contributed by atoms with E-state index < -0.39 is 30.4 Å². The average molecular weight is 359 g/mol. The predicted octanol–water partition coefficient (Wildman–Crippen LogP) is 2.27. The first-order chi connectivity index (χ1) is 12.4. The summed E-state index contributed by atoms with van der Waals surface area (Å²) in [5.41, 5.74) is 1.78. The molecule has 1 heterocycles. The van der Waals surface area contributed by atoms with Gasteiger partial charge in [-0.15, -0.1) is 0 Å². The number of aromatic nitrogens is 1. The fraction of sp³-hybridized carbons (Fsp3) is 0.316. The number of carbonyl (C=O) groups excluding carboxylic acids is 3. The number of ether oxygens (including phenoxy) is 2. The van der Waals surface area contributed by atoms with Crippen molar-refractivity contribution in [1.29, 1.82) is 0 Å². The molecule has 0 bridgehead atoms. The van der Waals surface area contributed by atoms with E-state index in [1.54, 1.807) is 51.1 Å². The Kier molecular flexibility index (Phi) is 6.30. The van der Waals surface area contributed by atoms with E-state index in [-0.39, 0.29) is 12.3 Å².